The Hall–Kier alpha value is -1.77. The van der Waals surface area contributed by atoms with Crippen molar-refractivity contribution in [1.29, 1.82) is 0 Å². The minimum atomic E-state index is 0.0310. The van der Waals surface area contributed by atoms with Gasteiger partial charge in [-0.25, -0.2) is 0 Å². The van der Waals surface area contributed by atoms with Crippen molar-refractivity contribution >= 4 is 11.6 Å². The summed E-state index contributed by atoms with van der Waals surface area (Å²) in [4.78, 5) is 11.9. The van der Waals surface area contributed by atoms with Crippen molar-refractivity contribution in [2.24, 2.45) is 5.92 Å². The van der Waals surface area contributed by atoms with Crippen LogP contribution in [0.5, 0.6) is 0 Å². The number of hydrogen-bond acceptors (Lipinski definition) is 2. The summed E-state index contributed by atoms with van der Waals surface area (Å²) in [6.45, 7) is 1.99. The molecule has 1 aliphatic rings. The average Bonchev–Trinajstić information content (AvgIpc) is 2.82. The second kappa shape index (κ2) is 5.71. The van der Waals surface area contributed by atoms with Crippen LogP contribution in [0.4, 0.5) is 5.69 Å². The molecule has 0 radical (unpaired) electrons. The van der Waals surface area contributed by atoms with Gasteiger partial charge in [-0.2, -0.15) is 0 Å². The van der Waals surface area contributed by atoms with Crippen molar-refractivity contribution < 1.29 is 4.79 Å². The fourth-order valence-electron chi connectivity index (χ4n) is 2.27. The van der Waals surface area contributed by atoms with E-state index in [0.29, 0.717) is 12.3 Å². The molecule has 3 nitrogen and oxygen atoms in total. The maximum Gasteiger partial charge on any atom is 0.221 e. The van der Waals surface area contributed by atoms with Gasteiger partial charge in [0.05, 0.1) is 6.04 Å². The average molecular weight is 244 g/mol. The first kappa shape index (κ1) is 12.7. The third kappa shape index (κ3) is 3.36. The molecule has 0 saturated carbocycles. The summed E-state index contributed by atoms with van der Waals surface area (Å²) < 4.78 is 0. The van der Waals surface area contributed by atoms with Gasteiger partial charge in [-0.1, -0.05) is 24.3 Å². The van der Waals surface area contributed by atoms with Crippen LogP contribution in [0.15, 0.2) is 36.4 Å². The van der Waals surface area contributed by atoms with Gasteiger partial charge in [0, 0.05) is 12.1 Å². The van der Waals surface area contributed by atoms with E-state index in [1.807, 2.05) is 31.2 Å². The molecule has 1 aromatic carbocycles. The van der Waals surface area contributed by atoms with E-state index in [4.69, 9.17) is 5.73 Å². The highest BCUT2D eigenvalue weighted by molar-refractivity contribution is 5.77. The molecule has 1 aliphatic carbocycles. The van der Waals surface area contributed by atoms with Crippen molar-refractivity contribution in [3.63, 3.8) is 0 Å². The fraction of sp³-hybridized carbons (Fsp3) is 0.400. The third-order valence-electron chi connectivity index (χ3n) is 3.37. The first-order chi connectivity index (χ1) is 8.65. The van der Waals surface area contributed by atoms with Gasteiger partial charge in [-0.05, 0) is 43.4 Å². The molecule has 96 valence electrons. The molecule has 3 heteroatoms. The monoisotopic (exact) mass is 244 g/mol. The zero-order valence-corrected chi connectivity index (χ0v) is 10.7. The molecule has 2 atom stereocenters. The van der Waals surface area contributed by atoms with Crippen LogP contribution in [0.3, 0.4) is 0 Å². The first-order valence-electron chi connectivity index (χ1n) is 6.46. The molecule has 1 aromatic rings. The number of carbonyl (C=O) groups is 1. The van der Waals surface area contributed by atoms with Crippen LogP contribution >= 0.6 is 0 Å². The molecule has 0 heterocycles. The predicted molar refractivity (Wildman–Crippen MR) is 73.9 cm³/mol. The molecule has 0 aromatic heterocycles. The number of nitrogens with two attached hydrogens (primary N) is 1. The molecule has 18 heavy (non-hydrogen) atoms. The van der Waals surface area contributed by atoms with Crippen molar-refractivity contribution in [3.05, 3.63) is 42.0 Å². The number of rotatable bonds is 4. The molecule has 0 aliphatic heterocycles. The number of nitrogens with one attached hydrogen (secondary N) is 1. The zero-order chi connectivity index (χ0) is 13.0. The van der Waals surface area contributed by atoms with Gasteiger partial charge < -0.3 is 11.1 Å². The number of anilines is 1. The number of hydrogen-bond donors (Lipinski definition) is 2. The SMILES string of the molecule is CC(NC(=O)CC1C=CCC1)c1ccc(N)cc1. The normalized spacial score (nSPS) is 19.7. The molecule has 0 spiro atoms. The standard InChI is InChI=1S/C15H20N2O/c1-11(13-6-8-14(16)9-7-13)17-15(18)10-12-4-2-3-5-12/h2,4,6-9,11-12H,3,5,10,16H2,1H3,(H,17,18). The molecule has 2 unspecified atom stereocenters. The summed E-state index contributed by atoms with van der Waals surface area (Å²) in [6, 6.07) is 7.66. The van der Waals surface area contributed by atoms with Crippen LogP contribution in [0, 0.1) is 5.92 Å². The Morgan fingerprint density at radius 2 is 2.17 bits per heavy atom. The fourth-order valence-corrected chi connectivity index (χ4v) is 2.27. The highest BCUT2D eigenvalue weighted by Gasteiger charge is 2.15. The zero-order valence-electron chi connectivity index (χ0n) is 10.7. The summed E-state index contributed by atoms with van der Waals surface area (Å²) in [5.41, 5.74) is 7.47. The Morgan fingerprint density at radius 1 is 1.44 bits per heavy atom. The van der Waals surface area contributed by atoms with Crippen molar-refractivity contribution in [2.45, 2.75) is 32.2 Å². The van der Waals surface area contributed by atoms with Gasteiger partial charge in [0.15, 0.2) is 0 Å². The molecule has 0 fully saturated rings. The number of amides is 1. The number of allylic oxidation sites excluding steroid dienone is 2. The maximum absolute atomic E-state index is 11.9. The van der Waals surface area contributed by atoms with Crippen molar-refractivity contribution in [1.82, 2.24) is 5.32 Å². The predicted octanol–water partition coefficient (Wildman–Crippen LogP) is 2.80. The van der Waals surface area contributed by atoms with Gasteiger partial charge in [0.1, 0.15) is 0 Å². The smallest absolute Gasteiger partial charge is 0.221 e. The third-order valence-corrected chi connectivity index (χ3v) is 3.37. The molecule has 2 rings (SSSR count). The Labute approximate surface area is 108 Å². The topological polar surface area (TPSA) is 55.1 Å². The molecule has 1 amide bonds. The van der Waals surface area contributed by atoms with Crippen LogP contribution in [-0.2, 0) is 4.79 Å². The highest BCUT2D eigenvalue weighted by atomic mass is 16.1. The number of nitrogen functional groups attached to an aromatic ring is 1. The summed E-state index contributed by atoms with van der Waals surface area (Å²) in [5.74, 6) is 0.541. The van der Waals surface area contributed by atoms with E-state index in [1.54, 1.807) is 0 Å². The van der Waals surface area contributed by atoms with Gasteiger partial charge in [0.2, 0.25) is 5.91 Å². The summed E-state index contributed by atoms with van der Waals surface area (Å²) in [7, 11) is 0. The van der Waals surface area contributed by atoms with Gasteiger partial charge in [0.25, 0.3) is 0 Å². The van der Waals surface area contributed by atoms with Crippen LogP contribution in [0.1, 0.15) is 37.8 Å². The lowest BCUT2D eigenvalue weighted by atomic mass is 10.0. The van der Waals surface area contributed by atoms with Crippen molar-refractivity contribution in [3.8, 4) is 0 Å². The maximum atomic E-state index is 11.9. The quantitative estimate of drug-likeness (QED) is 0.632. The summed E-state index contributed by atoms with van der Waals surface area (Å²) >= 11 is 0. The Bertz CT molecular complexity index is 436. The second-order valence-corrected chi connectivity index (χ2v) is 4.93. The lowest BCUT2D eigenvalue weighted by Gasteiger charge is -2.16. The Balaban J connectivity index is 1.86. The Morgan fingerprint density at radius 3 is 2.78 bits per heavy atom. The van der Waals surface area contributed by atoms with Crippen LogP contribution < -0.4 is 11.1 Å². The number of carbonyl (C=O) groups excluding carboxylic acids is 1. The molecule has 3 N–H and O–H groups in total. The molecule has 0 saturated heterocycles. The minimum absolute atomic E-state index is 0.0310. The Kier molecular flexibility index (Phi) is 4.03. The van der Waals surface area contributed by atoms with E-state index >= 15 is 0 Å². The second-order valence-electron chi connectivity index (χ2n) is 4.93. The molecular weight excluding hydrogens is 224 g/mol. The van der Waals surface area contributed by atoms with E-state index in [0.717, 1.165) is 24.1 Å². The van der Waals surface area contributed by atoms with Crippen LogP contribution in [0.25, 0.3) is 0 Å². The summed E-state index contributed by atoms with van der Waals surface area (Å²) in [6.07, 6.45) is 7.10. The summed E-state index contributed by atoms with van der Waals surface area (Å²) in [5, 5.41) is 3.03. The minimum Gasteiger partial charge on any atom is -0.399 e. The first-order valence-corrected chi connectivity index (χ1v) is 6.46. The van der Waals surface area contributed by atoms with Gasteiger partial charge in [-0.15, -0.1) is 0 Å². The van der Waals surface area contributed by atoms with E-state index in [2.05, 4.69) is 17.5 Å². The highest BCUT2D eigenvalue weighted by Crippen LogP contribution is 2.21. The van der Waals surface area contributed by atoms with E-state index in [9.17, 15) is 4.79 Å². The lowest BCUT2D eigenvalue weighted by Crippen LogP contribution is -2.27. The van der Waals surface area contributed by atoms with Crippen LogP contribution in [0.2, 0.25) is 0 Å². The van der Waals surface area contributed by atoms with E-state index < -0.39 is 0 Å². The van der Waals surface area contributed by atoms with E-state index in [-0.39, 0.29) is 11.9 Å². The number of benzene rings is 1. The van der Waals surface area contributed by atoms with E-state index in [1.165, 1.54) is 0 Å². The van der Waals surface area contributed by atoms with Gasteiger partial charge >= 0.3 is 0 Å². The molecule has 0 bridgehead atoms. The lowest BCUT2D eigenvalue weighted by molar-refractivity contribution is -0.122. The largest absolute Gasteiger partial charge is 0.399 e. The molecular formula is C15H20N2O. The van der Waals surface area contributed by atoms with Crippen molar-refractivity contribution in [2.75, 3.05) is 5.73 Å². The van der Waals surface area contributed by atoms with Gasteiger partial charge in [-0.3, -0.25) is 4.79 Å². The van der Waals surface area contributed by atoms with Crippen LogP contribution in [-0.4, -0.2) is 5.91 Å².